The van der Waals surface area contributed by atoms with Gasteiger partial charge in [-0.2, -0.15) is 0 Å². The van der Waals surface area contributed by atoms with Gasteiger partial charge in [0, 0.05) is 29.7 Å². The highest BCUT2D eigenvalue weighted by atomic mass is 32.2. The molecule has 28 heavy (non-hydrogen) atoms. The van der Waals surface area contributed by atoms with Crippen LogP contribution in [-0.2, 0) is 4.79 Å². The molecule has 0 atom stereocenters. The summed E-state index contributed by atoms with van der Waals surface area (Å²) in [6.07, 6.45) is 0.318. The van der Waals surface area contributed by atoms with Crippen molar-refractivity contribution in [3.05, 3.63) is 41.7 Å². The van der Waals surface area contributed by atoms with Crippen LogP contribution in [0.2, 0.25) is 0 Å². The second-order valence-electron chi connectivity index (χ2n) is 6.36. The summed E-state index contributed by atoms with van der Waals surface area (Å²) in [4.78, 5) is 12.1. The number of methoxy groups -OCH3 is 1. The average Bonchev–Trinajstić information content (AvgIpc) is 3.27. The van der Waals surface area contributed by atoms with E-state index in [-0.39, 0.29) is 5.91 Å². The van der Waals surface area contributed by atoms with E-state index in [4.69, 9.17) is 9.26 Å². The van der Waals surface area contributed by atoms with Crippen LogP contribution in [0.4, 0.5) is 5.82 Å². The number of anilines is 1. The van der Waals surface area contributed by atoms with E-state index >= 15 is 0 Å². The number of benzene rings is 1. The fraction of sp³-hybridized carbons (Fsp3) is 0.263. The maximum Gasteiger partial charge on any atom is 0.226 e. The van der Waals surface area contributed by atoms with Crippen LogP contribution < -0.4 is 10.1 Å². The molecule has 9 heteroatoms. The molecule has 0 saturated heterocycles. The van der Waals surface area contributed by atoms with Crippen molar-refractivity contribution >= 4 is 40.0 Å². The van der Waals surface area contributed by atoms with Crippen LogP contribution in [0.5, 0.6) is 5.75 Å². The average molecular weight is 397 g/mol. The molecular formula is C19H19N5O3S. The zero-order valence-corrected chi connectivity index (χ0v) is 16.5. The molecule has 0 fully saturated rings. The number of fused-ring (bicyclic) bond motifs is 3. The summed E-state index contributed by atoms with van der Waals surface area (Å²) in [5, 5.41) is 16.9. The number of thioether (sulfide) groups is 1. The zero-order chi connectivity index (χ0) is 19.7. The van der Waals surface area contributed by atoms with Crippen LogP contribution in [0.3, 0.4) is 0 Å². The van der Waals surface area contributed by atoms with Crippen molar-refractivity contribution in [1.29, 1.82) is 0 Å². The summed E-state index contributed by atoms with van der Waals surface area (Å²) in [6.45, 7) is 3.82. The summed E-state index contributed by atoms with van der Waals surface area (Å²) in [5.74, 6) is 2.28. The Labute approximate surface area is 165 Å². The molecule has 0 unspecified atom stereocenters. The molecular weight excluding hydrogens is 378 g/mol. The van der Waals surface area contributed by atoms with Gasteiger partial charge < -0.3 is 14.6 Å². The normalized spacial score (nSPS) is 11.2. The minimum atomic E-state index is -0.128. The third-order valence-corrected chi connectivity index (χ3v) is 5.26. The number of rotatable bonds is 6. The van der Waals surface area contributed by atoms with Crippen molar-refractivity contribution in [1.82, 2.24) is 19.8 Å². The van der Waals surface area contributed by atoms with Crippen LogP contribution >= 0.6 is 11.8 Å². The van der Waals surface area contributed by atoms with Crippen LogP contribution in [0.15, 0.2) is 40.0 Å². The first kappa shape index (κ1) is 18.3. The lowest BCUT2D eigenvalue weighted by Gasteiger charge is -2.09. The van der Waals surface area contributed by atoms with Gasteiger partial charge in [0.1, 0.15) is 11.5 Å². The van der Waals surface area contributed by atoms with Gasteiger partial charge in [0.05, 0.1) is 12.6 Å². The molecule has 144 valence electrons. The number of ether oxygens (including phenoxy) is 1. The smallest absolute Gasteiger partial charge is 0.226 e. The molecule has 0 bridgehead atoms. The van der Waals surface area contributed by atoms with E-state index in [1.807, 2.05) is 35.6 Å². The van der Waals surface area contributed by atoms with Crippen LogP contribution in [0.1, 0.15) is 17.7 Å². The molecule has 1 aromatic carbocycles. The number of nitrogens with zero attached hydrogens (tertiary/aromatic N) is 4. The van der Waals surface area contributed by atoms with Gasteiger partial charge in [0.15, 0.2) is 16.6 Å². The summed E-state index contributed by atoms with van der Waals surface area (Å²) < 4.78 is 12.3. The molecule has 1 N–H and O–H groups in total. The molecule has 0 aliphatic rings. The third-order valence-electron chi connectivity index (χ3n) is 4.33. The summed E-state index contributed by atoms with van der Waals surface area (Å²) in [7, 11) is 1.64. The van der Waals surface area contributed by atoms with E-state index in [2.05, 4.69) is 20.7 Å². The molecule has 0 spiro atoms. The van der Waals surface area contributed by atoms with Gasteiger partial charge in [0.2, 0.25) is 5.91 Å². The maximum absolute atomic E-state index is 12.1. The lowest BCUT2D eigenvalue weighted by Crippen LogP contribution is -2.12. The van der Waals surface area contributed by atoms with Crippen molar-refractivity contribution in [3.8, 4) is 5.75 Å². The molecule has 8 nitrogen and oxygen atoms in total. The van der Waals surface area contributed by atoms with Gasteiger partial charge in [-0.25, -0.2) is 0 Å². The number of carbonyl (C=O) groups is 1. The van der Waals surface area contributed by atoms with Crippen molar-refractivity contribution in [2.75, 3.05) is 18.2 Å². The number of hydrogen-bond donors (Lipinski definition) is 1. The molecule has 0 aliphatic carbocycles. The van der Waals surface area contributed by atoms with E-state index in [9.17, 15) is 4.79 Å². The molecule has 4 rings (SSSR count). The largest absolute Gasteiger partial charge is 0.497 e. The number of nitrogens with one attached hydrogen (secondary N) is 1. The maximum atomic E-state index is 12.1. The molecule has 0 saturated carbocycles. The first-order valence-electron chi connectivity index (χ1n) is 8.73. The second kappa shape index (κ2) is 7.51. The van der Waals surface area contributed by atoms with E-state index in [0.29, 0.717) is 23.8 Å². The fourth-order valence-electron chi connectivity index (χ4n) is 2.99. The SMILES string of the molecule is COc1ccc2c(C)cc3nnc(SCCC(=O)Nc4cc(C)on4)n3c2c1. The topological polar surface area (TPSA) is 94.5 Å². The summed E-state index contributed by atoms with van der Waals surface area (Å²) >= 11 is 1.48. The molecule has 1 amide bonds. The highest BCUT2D eigenvalue weighted by Crippen LogP contribution is 2.28. The Kier molecular flexibility index (Phi) is 4.91. The van der Waals surface area contributed by atoms with E-state index in [0.717, 1.165) is 33.0 Å². The van der Waals surface area contributed by atoms with Gasteiger partial charge >= 0.3 is 0 Å². The predicted molar refractivity (Wildman–Crippen MR) is 107 cm³/mol. The Morgan fingerprint density at radius 1 is 1.25 bits per heavy atom. The highest BCUT2D eigenvalue weighted by molar-refractivity contribution is 7.99. The first-order chi connectivity index (χ1) is 13.5. The number of aromatic nitrogens is 4. The van der Waals surface area contributed by atoms with Crippen molar-refractivity contribution < 1.29 is 14.1 Å². The molecule has 4 aromatic rings. The third kappa shape index (κ3) is 3.53. The number of hydrogen-bond acceptors (Lipinski definition) is 7. The Hall–Kier alpha value is -3.07. The van der Waals surface area contributed by atoms with Crippen molar-refractivity contribution in [2.24, 2.45) is 0 Å². The molecule has 3 heterocycles. The minimum absolute atomic E-state index is 0.128. The Morgan fingerprint density at radius 3 is 2.86 bits per heavy atom. The standard InChI is InChI=1S/C19H19N5O3S/c1-11-8-17-21-22-19(24(17)15-10-13(26-3)4-5-14(11)15)28-7-6-18(25)20-16-9-12(2)27-23-16/h4-5,8-10H,6-7H2,1-3H3,(H,20,23,25). The van der Waals surface area contributed by atoms with Crippen LogP contribution in [0, 0.1) is 13.8 Å². The second-order valence-corrected chi connectivity index (χ2v) is 7.42. The lowest BCUT2D eigenvalue weighted by molar-refractivity contribution is -0.115. The number of amides is 1. The first-order valence-corrected chi connectivity index (χ1v) is 9.72. The summed E-state index contributed by atoms with van der Waals surface area (Å²) in [5.41, 5.74) is 2.86. The number of carbonyl (C=O) groups excluding carboxylic acids is 1. The van der Waals surface area contributed by atoms with E-state index in [1.54, 1.807) is 20.1 Å². The highest BCUT2D eigenvalue weighted by Gasteiger charge is 2.13. The van der Waals surface area contributed by atoms with Gasteiger partial charge in [-0.15, -0.1) is 10.2 Å². The number of aryl methyl sites for hydroxylation is 2. The van der Waals surface area contributed by atoms with Crippen LogP contribution in [-0.4, -0.2) is 38.5 Å². The van der Waals surface area contributed by atoms with Crippen LogP contribution in [0.25, 0.3) is 16.6 Å². The fourth-order valence-corrected chi connectivity index (χ4v) is 3.88. The monoisotopic (exact) mass is 397 g/mol. The Balaban J connectivity index is 1.54. The quantitative estimate of drug-likeness (QED) is 0.497. The minimum Gasteiger partial charge on any atom is -0.497 e. The molecule has 0 radical (unpaired) electrons. The van der Waals surface area contributed by atoms with E-state index in [1.165, 1.54) is 11.8 Å². The van der Waals surface area contributed by atoms with Gasteiger partial charge in [-0.05, 0) is 37.6 Å². The summed E-state index contributed by atoms with van der Waals surface area (Å²) in [6, 6.07) is 9.63. The van der Waals surface area contributed by atoms with Crippen molar-refractivity contribution in [3.63, 3.8) is 0 Å². The Bertz CT molecular complexity index is 1170. The Morgan fingerprint density at radius 2 is 2.11 bits per heavy atom. The number of pyridine rings is 1. The predicted octanol–water partition coefficient (Wildman–Crippen LogP) is 3.62. The van der Waals surface area contributed by atoms with Gasteiger partial charge in [-0.1, -0.05) is 16.9 Å². The lowest BCUT2D eigenvalue weighted by atomic mass is 10.1. The zero-order valence-electron chi connectivity index (χ0n) is 15.7. The molecule has 0 aliphatic heterocycles. The van der Waals surface area contributed by atoms with Gasteiger partial charge in [-0.3, -0.25) is 9.20 Å². The van der Waals surface area contributed by atoms with E-state index < -0.39 is 0 Å². The van der Waals surface area contributed by atoms with Crippen molar-refractivity contribution in [2.45, 2.75) is 25.4 Å². The van der Waals surface area contributed by atoms with Gasteiger partial charge in [0.25, 0.3) is 0 Å². The molecule has 3 aromatic heterocycles.